The molecule has 3 N–H and O–H groups in total. The van der Waals surface area contributed by atoms with Crippen LogP contribution in [-0.2, 0) is 4.79 Å². The summed E-state index contributed by atoms with van der Waals surface area (Å²) in [6, 6.07) is -2.49. The van der Waals surface area contributed by atoms with Crippen molar-refractivity contribution < 1.29 is 23.1 Å². The summed E-state index contributed by atoms with van der Waals surface area (Å²) in [5, 5.41) is 8.04. The Balaban J connectivity index is 4.38. The molecule has 0 aliphatic carbocycles. The fraction of sp³-hybridized carbons (Fsp3) is 0.400. The van der Waals surface area contributed by atoms with E-state index in [-0.39, 0.29) is 0 Å². The number of hydrogen-bond acceptors (Lipinski definition) is 2. The standard InChI is InChI=1S/C5H6F3NO2/c1-2(4(10)11)3(9)5(6,7)8/h3H,1,9H2,(H,10,11)/t3-/m1/s1. The van der Waals surface area contributed by atoms with Gasteiger partial charge in [-0.1, -0.05) is 6.58 Å². The van der Waals surface area contributed by atoms with Crippen LogP contribution >= 0.6 is 0 Å². The van der Waals surface area contributed by atoms with Crippen LogP contribution in [0.25, 0.3) is 0 Å². The largest absolute Gasteiger partial charge is 0.478 e. The van der Waals surface area contributed by atoms with Crippen molar-refractivity contribution >= 4 is 5.97 Å². The van der Waals surface area contributed by atoms with Crippen LogP contribution in [0.5, 0.6) is 0 Å². The molecular weight excluding hydrogens is 163 g/mol. The maximum Gasteiger partial charge on any atom is 0.407 e. The summed E-state index contributed by atoms with van der Waals surface area (Å²) in [5.74, 6) is -1.74. The predicted molar refractivity (Wildman–Crippen MR) is 30.8 cm³/mol. The first kappa shape index (κ1) is 9.96. The molecule has 0 fully saturated rings. The van der Waals surface area contributed by atoms with Gasteiger partial charge in [-0.2, -0.15) is 13.2 Å². The average Bonchev–Trinajstić information content (AvgIpc) is 1.82. The highest BCUT2D eigenvalue weighted by Gasteiger charge is 2.40. The molecule has 0 unspecified atom stereocenters. The van der Waals surface area contributed by atoms with Crippen molar-refractivity contribution in [2.45, 2.75) is 12.2 Å². The normalized spacial score (nSPS) is 14.2. The molecule has 0 rings (SSSR count). The van der Waals surface area contributed by atoms with Gasteiger partial charge in [0.1, 0.15) is 6.04 Å². The lowest BCUT2D eigenvalue weighted by Crippen LogP contribution is -2.40. The van der Waals surface area contributed by atoms with Gasteiger partial charge >= 0.3 is 12.1 Å². The van der Waals surface area contributed by atoms with E-state index in [1.807, 2.05) is 0 Å². The van der Waals surface area contributed by atoms with Crippen LogP contribution < -0.4 is 5.73 Å². The number of nitrogens with two attached hydrogens (primary N) is 1. The smallest absolute Gasteiger partial charge is 0.407 e. The Morgan fingerprint density at radius 1 is 1.55 bits per heavy atom. The maximum atomic E-state index is 11.6. The van der Waals surface area contributed by atoms with Gasteiger partial charge in [-0.3, -0.25) is 0 Å². The maximum absolute atomic E-state index is 11.6. The number of carboxylic acids is 1. The molecule has 0 radical (unpaired) electrons. The number of carbonyl (C=O) groups is 1. The Bertz CT molecular complexity index is 187. The van der Waals surface area contributed by atoms with E-state index >= 15 is 0 Å². The minimum Gasteiger partial charge on any atom is -0.478 e. The third-order valence-corrected chi connectivity index (χ3v) is 1.00. The lowest BCUT2D eigenvalue weighted by atomic mass is 10.1. The second-order valence-electron chi connectivity index (χ2n) is 1.85. The lowest BCUT2D eigenvalue weighted by molar-refractivity contribution is -0.149. The Hall–Kier alpha value is -1.04. The van der Waals surface area contributed by atoms with Gasteiger partial charge in [0.2, 0.25) is 0 Å². The SMILES string of the molecule is C=C(C(=O)O)[C@@H](N)C(F)(F)F. The number of rotatable bonds is 2. The number of carboxylic acid groups (broad SMARTS) is 1. The van der Waals surface area contributed by atoms with Gasteiger partial charge in [0, 0.05) is 0 Å². The van der Waals surface area contributed by atoms with Gasteiger partial charge in [0.25, 0.3) is 0 Å². The highest BCUT2D eigenvalue weighted by molar-refractivity contribution is 5.87. The van der Waals surface area contributed by atoms with Crippen molar-refractivity contribution in [2.24, 2.45) is 5.73 Å². The van der Waals surface area contributed by atoms with Crippen LogP contribution in [0.15, 0.2) is 12.2 Å². The van der Waals surface area contributed by atoms with Gasteiger partial charge in [0.15, 0.2) is 0 Å². The molecule has 0 saturated heterocycles. The fourth-order valence-electron chi connectivity index (χ4n) is 0.331. The second kappa shape index (κ2) is 2.91. The Labute approximate surface area is 60.3 Å². The van der Waals surface area contributed by atoms with Crippen molar-refractivity contribution in [3.63, 3.8) is 0 Å². The summed E-state index contributed by atoms with van der Waals surface area (Å²) in [7, 11) is 0. The first-order valence-electron chi connectivity index (χ1n) is 2.51. The van der Waals surface area contributed by atoms with Crippen LogP contribution in [0.2, 0.25) is 0 Å². The molecule has 0 aromatic rings. The van der Waals surface area contributed by atoms with E-state index in [4.69, 9.17) is 5.11 Å². The summed E-state index contributed by atoms with van der Waals surface area (Å²) >= 11 is 0. The summed E-state index contributed by atoms with van der Waals surface area (Å²) < 4.78 is 34.8. The van der Waals surface area contributed by atoms with Gasteiger partial charge in [0.05, 0.1) is 5.57 Å². The molecule has 11 heavy (non-hydrogen) atoms. The first-order valence-corrected chi connectivity index (χ1v) is 2.51. The average molecular weight is 169 g/mol. The van der Waals surface area contributed by atoms with Crippen LogP contribution in [0.3, 0.4) is 0 Å². The van der Waals surface area contributed by atoms with Crippen molar-refractivity contribution in [2.75, 3.05) is 0 Å². The fourth-order valence-corrected chi connectivity index (χ4v) is 0.331. The van der Waals surface area contributed by atoms with Gasteiger partial charge in [-0.15, -0.1) is 0 Å². The zero-order valence-corrected chi connectivity index (χ0v) is 5.35. The van der Waals surface area contributed by atoms with Crippen LogP contribution in [0.4, 0.5) is 13.2 Å². The Kier molecular flexibility index (Phi) is 2.64. The molecule has 3 nitrogen and oxygen atoms in total. The van der Waals surface area contributed by atoms with E-state index < -0.39 is 23.8 Å². The zero-order chi connectivity index (χ0) is 9.23. The molecule has 0 heterocycles. The van der Waals surface area contributed by atoms with E-state index in [2.05, 4.69) is 12.3 Å². The molecule has 0 aliphatic heterocycles. The van der Waals surface area contributed by atoms with E-state index in [1.165, 1.54) is 0 Å². The van der Waals surface area contributed by atoms with E-state index in [1.54, 1.807) is 0 Å². The summed E-state index contributed by atoms with van der Waals surface area (Å²) in [6.07, 6.45) is -4.74. The van der Waals surface area contributed by atoms with E-state index in [0.29, 0.717) is 0 Å². The second-order valence-corrected chi connectivity index (χ2v) is 1.85. The van der Waals surface area contributed by atoms with Crippen LogP contribution in [0.1, 0.15) is 0 Å². The topological polar surface area (TPSA) is 63.3 Å². The Morgan fingerprint density at radius 3 is 2.00 bits per heavy atom. The first-order chi connectivity index (χ1) is 4.76. The minimum absolute atomic E-state index is 1.06. The third kappa shape index (κ3) is 2.58. The van der Waals surface area contributed by atoms with Gasteiger partial charge in [-0.05, 0) is 0 Å². The summed E-state index contributed by atoms with van der Waals surface area (Å²) in [4.78, 5) is 9.91. The molecule has 0 aliphatic rings. The molecule has 0 saturated carbocycles. The lowest BCUT2D eigenvalue weighted by Gasteiger charge is -2.14. The highest BCUT2D eigenvalue weighted by atomic mass is 19.4. The van der Waals surface area contributed by atoms with Crippen molar-refractivity contribution in [3.8, 4) is 0 Å². The van der Waals surface area contributed by atoms with Crippen molar-refractivity contribution in [3.05, 3.63) is 12.2 Å². The van der Waals surface area contributed by atoms with Crippen molar-refractivity contribution in [1.29, 1.82) is 0 Å². The molecule has 0 aromatic heterocycles. The van der Waals surface area contributed by atoms with Crippen LogP contribution in [-0.4, -0.2) is 23.3 Å². The molecule has 0 amide bonds. The minimum atomic E-state index is -4.74. The number of aliphatic carboxylic acids is 1. The van der Waals surface area contributed by atoms with Gasteiger partial charge < -0.3 is 10.8 Å². The molecule has 0 bridgehead atoms. The number of alkyl halides is 3. The molecule has 1 atom stereocenters. The summed E-state index contributed by atoms with van der Waals surface area (Å²) in [5.41, 5.74) is 3.43. The third-order valence-electron chi connectivity index (χ3n) is 1.00. The van der Waals surface area contributed by atoms with Gasteiger partial charge in [-0.25, -0.2) is 4.79 Å². The molecule has 0 spiro atoms. The van der Waals surface area contributed by atoms with E-state index in [0.717, 1.165) is 0 Å². The zero-order valence-electron chi connectivity index (χ0n) is 5.35. The summed E-state index contributed by atoms with van der Waals surface area (Å²) in [6.45, 7) is 2.68. The molecule has 0 aromatic carbocycles. The quantitative estimate of drug-likeness (QED) is 0.592. The molecule has 64 valence electrons. The molecular formula is C5H6F3NO2. The van der Waals surface area contributed by atoms with Crippen molar-refractivity contribution in [1.82, 2.24) is 0 Å². The monoisotopic (exact) mass is 169 g/mol. The highest BCUT2D eigenvalue weighted by Crippen LogP contribution is 2.22. The Morgan fingerprint density at radius 2 is 1.91 bits per heavy atom. The number of halogens is 3. The number of hydrogen-bond donors (Lipinski definition) is 2. The predicted octanol–water partition coefficient (Wildman–Crippen LogP) is 0.517. The van der Waals surface area contributed by atoms with E-state index in [9.17, 15) is 18.0 Å². The molecule has 6 heteroatoms. The van der Waals surface area contributed by atoms with Crippen LogP contribution in [0, 0.1) is 0 Å².